The van der Waals surface area contributed by atoms with Gasteiger partial charge in [0.1, 0.15) is 16.2 Å². The SMILES string of the molecule is CCCc1cc(=S)nc(CS(C)(=O)=O)[nH]1. The number of hydrogen-bond acceptors (Lipinski definition) is 4. The van der Waals surface area contributed by atoms with Gasteiger partial charge in [0.15, 0.2) is 9.84 Å². The van der Waals surface area contributed by atoms with E-state index in [2.05, 4.69) is 9.97 Å². The van der Waals surface area contributed by atoms with Gasteiger partial charge in [0.05, 0.1) is 0 Å². The third-order valence-corrected chi connectivity index (χ3v) is 2.77. The molecule has 0 amide bonds. The Morgan fingerprint density at radius 1 is 1.53 bits per heavy atom. The van der Waals surface area contributed by atoms with Crippen molar-refractivity contribution < 1.29 is 8.42 Å². The molecule has 0 unspecified atom stereocenters. The van der Waals surface area contributed by atoms with Gasteiger partial charge in [0, 0.05) is 11.9 Å². The fourth-order valence-corrected chi connectivity index (χ4v) is 2.17. The van der Waals surface area contributed by atoms with Crippen molar-refractivity contribution in [3.8, 4) is 0 Å². The molecule has 0 saturated heterocycles. The molecular weight excluding hydrogens is 232 g/mol. The van der Waals surface area contributed by atoms with Gasteiger partial charge < -0.3 is 4.98 Å². The van der Waals surface area contributed by atoms with Crippen molar-refractivity contribution in [2.45, 2.75) is 25.5 Å². The van der Waals surface area contributed by atoms with E-state index in [4.69, 9.17) is 12.2 Å². The molecule has 0 fully saturated rings. The lowest BCUT2D eigenvalue weighted by Gasteiger charge is -2.03. The number of hydrogen-bond donors (Lipinski definition) is 1. The highest BCUT2D eigenvalue weighted by Crippen LogP contribution is 2.04. The molecule has 0 aromatic carbocycles. The smallest absolute Gasteiger partial charge is 0.154 e. The molecular formula is C9H14N2O2S2. The number of nitrogens with one attached hydrogen (secondary N) is 1. The van der Waals surface area contributed by atoms with Gasteiger partial charge in [-0.1, -0.05) is 25.6 Å². The van der Waals surface area contributed by atoms with E-state index in [1.165, 1.54) is 6.26 Å². The minimum atomic E-state index is -3.07. The van der Waals surface area contributed by atoms with Gasteiger partial charge in [0.25, 0.3) is 0 Å². The molecule has 0 atom stereocenters. The number of aromatic nitrogens is 2. The summed E-state index contributed by atoms with van der Waals surface area (Å²) in [5, 5.41) is 0. The number of aryl methyl sites for hydroxylation is 1. The maximum Gasteiger partial charge on any atom is 0.154 e. The lowest BCUT2D eigenvalue weighted by Crippen LogP contribution is -2.07. The van der Waals surface area contributed by atoms with E-state index >= 15 is 0 Å². The van der Waals surface area contributed by atoms with Gasteiger partial charge in [-0.15, -0.1) is 0 Å². The van der Waals surface area contributed by atoms with Crippen LogP contribution in [-0.2, 0) is 22.0 Å². The average molecular weight is 246 g/mol. The van der Waals surface area contributed by atoms with Crippen LogP contribution >= 0.6 is 12.2 Å². The molecule has 0 aliphatic heterocycles. The molecule has 0 bridgehead atoms. The topological polar surface area (TPSA) is 62.8 Å². The molecule has 15 heavy (non-hydrogen) atoms. The van der Waals surface area contributed by atoms with Crippen LogP contribution in [0.3, 0.4) is 0 Å². The number of rotatable bonds is 4. The summed E-state index contributed by atoms with van der Waals surface area (Å²) in [5.74, 6) is 0.335. The minimum absolute atomic E-state index is 0.0891. The summed E-state index contributed by atoms with van der Waals surface area (Å²) in [6, 6.07) is 1.77. The van der Waals surface area contributed by atoms with Crippen LogP contribution in [0.2, 0.25) is 0 Å². The molecule has 84 valence electrons. The van der Waals surface area contributed by atoms with Crippen LogP contribution in [0.4, 0.5) is 0 Å². The second kappa shape index (κ2) is 4.85. The first kappa shape index (κ1) is 12.3. The molecule has 1 rings (SSSR count). The van der Waals surface area contributed by atoms with E-state index in [0.717, 1.165) is 18.5 Å². The van der Waals surface area contributed by atoms with Crippen molar-refractivity contribution in [2.75, 3.05) is 6.26 Å². The fraction of sp³-hybridized carbons (Fsp3) is 0.556. The highest BCUT2D eigenvalue weighted by molar-refractivity contribution is 7.89. The summed E-state index contributed by atoms with van der Waals surface area (Å²) in [6.07, 6.45) is 3.01. The van der Waals surface area contributed by atoms with Crippen LogP contribution in [0.25, 0.3) is 0 Å². The molecule has 0 aliphatic carbocycles. The predicted octanol–water partition coefficient (Wildman–Crippen LogP) is 1.64. The van der Waals surface area contributed by atoms with Gasteiger partial charge in [0.2, 0.25) is 0 Å². The molecule has 1 N–H and O–H groups in total. The van der Waals surface area contributed by atoms with E-state index < -0.39 is 9.84 Å². The second-order valence-electron chi connectivity index (χ2n) is 3.51. The van der Waals surface area contributed by atoms with Crippen LogP contribution in [0.1, 0.15) is 24.9 Å². The van der Waals surface area contributed by atoms with Crippen molar-refractivity contribution in [3.63, 3.8) is 0 Å². The van der Waals surface area contributed by atoms with Crippen LogP contribution in [-0.4, -0.2) is 24.6 Å². The third kappa shape index (κ3) is 4.53. The van der Waals surface area contributed by atoms with E-state index in [1.54, 1.807) is 6.07 Å². The summed E-state index contributed by atoms with van der Waals surface area (Å²) >= 11 is 4.96. The number of H-pyrrole nitrogens is 1. The lowest BCUT2D eigenvalue weighted by atomic mass is 10.2. The van der Waals surface area contributed by atoms with Gasteiger partial charge in [-0.05, 0) is 12.5 Å². The molecule has 1 aromatic heterocycles. The molecule has 1 heterocycles. The quantitative estimate of drug-likeness (QED) is 0.820. The van der Waals surface area contributed by atoms with Gasteiger partial charge in [-0.25, -0.2) is 13.4 Å². The van der Waals surface area contributed by atoms with Crippen molar-refractivity contribution in [1.82, 2.24) is 9.97 Å². The van der Waals surface area contributed by atoms with Crippen molar-refractivity contribution in [1.29, 1.82) is 0 Å². The van der Waals surface area contributed by atoms with Crippen LogP contribution < -0.4 is 0 Å². The largest absolute Gasteiger partial charge is 0.346 e. The number of aromatic amines is 1. The maximum atomic E-state index is 11.1. The van der Waals surface area contributed by atoms with Gasteiger partial charge >= 0.3 is 0 Å². The normalized spacial score (nSPS) is 11.6. The van der Waals surface area contributed by atoms with Crippen molar-refractivity contribution in [2.24, 2.45) is 0 Å². The zero-order chi connectivity index (χ0) is 11.5. The summed E-state index contributed by atoms with van der Waals surface area (Å²) in [7, 11) is -3.07. The molecule has 0 saturated carbocycles. The predicted molar refractivity (Wildman–Crippen MR) is 62.0 cm³/mol. The van der Waals surface area contributed by atoms with E-state index in [9.17, 15) is 8.42 Å². The first-order valence-electron chi connectivity index (χ1n) is 4.67. The summed E-state index contributed by atoms with van der Waals surface area (Å²) in [5.41, 5.74) is 0.941. The number of sulfone groups is 1. The van der Waals surface area contributed by atoms with Crippen LogP contribution in [0.15, 0.2) is 6.07 Å². The summed E-state index contributed by atoms with van der Waals surface area (Å²) < 4.78 is 22.6. The molecule has 4 nitrogen and oxygen atoms in total. The summed E-state index contributed by atoms with van der Waals surface area (Å²) in [4.78, 5) is 6.97. The molecule has 0 spiro atoms. The second-order valence-corrected chi connectivity index (χ2v) is 6.07. The fourth-order valence-electron chi connectivity index (χ4n) is 1.28. The zero-order valence-corrected chi connectivity index (χ0v) is 10.4. The zero-order valence-electron chi connectivity index (χ0n) is 8.78. The third-order valence-electron chi connectivity index (χ3n) is 1.77. The molecule has 1 aromatic rings. The van der Waals surface area contributed by atoms with Crippen molar-refractivity contribution in [3.05, 3.63) is 22.2 Å². The molecule has 6 heteroatoms. The van der Waals surface area contributed by atoms with Crippen LogP contribution in [0, 0.1) is 4.64 Å². The lowest BCUT2D eigenvalue weighted by molar-refractivity contribution is 0.599. The first-order valence-corrected chi connectivity index (χ1v) is 7.14. The number of nitrogens with zero attached hydrogens (tertiary/aromatic N) is 1. The van der Waals surface area contributed by atoms with Gasteiger partial charge in [-0.3, -0.25) is 0 Å². The standard InChI is InChI=1S/C9H14N2O2S2/c1-3-4-7-5-9(14)11-8(10-7)6-15(2,12)13/h5H,3-4,6H2,1-2H3,(H,10,11,14). The summed E-state index contributed by atoms with van der Waals surface area (Å²) in [6.45, 7) is 2.05. The minimum Gasteiger partial charge on any atom is -0.346 e. The van der Waals surface area contributed by atoms with Crippen molar-refractivity contribution >= 4 is 22.1 Å². The monoisotopic (exact) mass is 246 g/mol. The average Bonchev–Trinajstić information content (AvgIpc) is 1.99. The Morgan fingerprint density at radius 3 is 2.73 bits per heavy atom. The first-order chi connectivity index (χ1) is 6.90. The molecule has 0 radical (unpaired) electrons. The van der Waals surface area contributed by atoms with E-state index in [0.29, 0.717) is 10.5 Å². The van der Waals surface area contributed by atoms with Gasteiger partial charge in [-0.2, -0.15) is 0 Å². The Balaban J connectivity index is 3.04. The molecule has 0 aliphatic rings. The highest BCUT2D eigenvalue weighted by atomic mass is 32.2. The Kier molecular flexibility index (Phi) is 3.98. The van der Waals surface area contributed by atoms with Crippen LogP contribution in [0.5, 0.6) is 0 Å². The Hall–Kier alpha value is -0.750. The maximum absolute atomic E-state index is 11.1. The highest BCUT2D eigenvalue weighted by Gasteiger charge is 2.07. The Bertz CT molecular complexity index is 491. The Labute approximate surface area is 94.7 Å². The van der Waals surface area contributed by atoms with E-state index in [-0.39, 0.29) is 5.75 Å². The Morgan fingerprint density at radius 2 is 2.20 bits per heavy atom. The van der Waals surface area contributed by atoms with E-state index in [1.807, 2.05) is 6.92 Å².